The van der Waals surface area contributed by atoms with Crippen LogP contribution in [0.1, 0.15) is 24.1 Å². The number of hydrogen-bond acceptors (Lipinski definition) is 5. The van der Waals surface area contributed by atoms with Crippen molar-refractivity contribution in [2.45, 2.75) is 32.0 Å². The molecule has 0 radical (unpaired) electrons. The molecule has 1 unspecified atom stereocenters. The van der Waals surface area contributed by atoms with Crippen LogP contribution in [0.5, 0.6) is 0 Å². The lowest BCUT2D eigenvalue weighted by Crippen LogP contribution is -2.43. The first kappa shape index (κ1) is 16.9. The number of nitrogens with one attached hydrogen (secondary N) is 1. The number of piperidine rings is 1. The van der Waals surface area contributed by atoms with Crippen LogP contribution in [0.2, 0.25) is 0 Å². The minimum atomic E-state index is 0. The Morgan fingerprint density at radius 2 is 2.27 bits per heavy atom. The number of aromatic nitrogens is 4. The third kappa shape index (κ3) is 4.50. The first-order valence-corrected chi connectivity index (χ1v) is 7.51. The lowest BCUT2D eigenvalue weighted by Gasteiger charge is -2.31. The molecule has 2 aromatic rings. The fourth-order valence-electron chi connectivity index (χ4n) is 2.83. The maximum Gasteiger partial charge on any atom is 0.0967 e. The van der Waals surface area contributed by atoms with Crippen LogP contribution in [0.25, 0.3) is 0 Å². The summed E-state index contributed by atoms with van der Waals surface area (Å²) in [5, 5.41) is 11.9. The summed E-state index contributed by atoms with van der Waals surface area (Å²) in [7, 11) is 2.04. The van der Waals surface area contributed by atoms with Crippen LogP contribution in [0, 0.1) is 0 Å². The van der Waals surface area contributed by atoms with Crippen molar-refractivity contribution in [1.29, 1.82) is 0 Å². The van der Waals surface area contributed by atoms with E-state index in [1.807, 2.05) is 30.2 Å². The number of pyridine rings is 1. The molecule has 2 aromatic heterocycles. The largest absolute Gasteiger partial charge is 0.316 e. The van der Waals surface area contributed by atoms with Crippen molar-refractivity contribution in [3.05, 3.63) is 42.0 Å². The highest BCUT2D eigenvalue weighted by atomic mass is 35.5. The minimum Gasteiger partial charge on any atom is -0.316 e. The van der Waals surface area contributed by atoms with E-state index in [9.17, 15) is 0 Å². The van der Waals surface area contributed by atoms with E-state index in [0.29, 0.717) is 6.04 Å². The van der Waals surface area contributed by atoms with Gasteiger partial charge < -0.3 is 5.32 Å². The molecule has 0 aromatic carbocycles. The second-order valence-corrected chi connectivity index (χ2v) is 5.63. The second-order valence-electron chi connectivity index (χ2n) is 5.63. The van der Waals surface area contributed by atoms with Crippen molar-refractivity contribution in [3.8, 4) is 0 Å². The zero-order chi connectivity index (χ0) is 14.5. The van der Waals surface area contributed by atoms with Gasteiger partial charge in [0.2, 0.25) is 0 Å². The highest BCUT2D eigenvalue weighted by Crippen LogP contribution is 2.12. The quantitative estimate of drug-likeness (QED) is 0.900. The molecule has 1 fully saturated rings. The fourth-order valence-corrected chi connectivity index (χ4v) is 2.83. The fraction of sp³-hybridized carbons (Fsp3) is 0.533. The van der Waals surface area contributed by atoms with E-state index >= 15 is 0 Å². The summed E-state index contributed by atoms with van der Waals surface area (Å²) in [6.07, 6.45) is 8.19. The first-order chi connectivity index (χ1) is 10.3. The summed E-state index contributed by atoms with van der Waals surface area (Å²) in [6, 6.07) is 4.60. The van der Waals surface area contributed by atoms with Crippen LogP contribution in [-0.2, 0) is 13.1 Å². The van der Waals surface area contributed by atoms with E-state index in [-0.39, 0.29) is 12.4 Å². The van der Waals surface area contributed by atoms with Crippen LogP contribution in [0.4, 0.5) is 0 Å². The summed E-state index contributed by atoms with van der Waals surface area (Å²) >= 11 is 0. The lowest BCUT2D eigenvalue weighted by molar-refractivity contribution is 0.186. The summed E-state index contributed by atoms with van der Waals surface area (Å²) in [5.74, 6) is 0. The number of likely N-dealkylation sites (N-methyl/N-ethyl adjacent to an activating group) is 1. The van der Waals surface area contributed by atoms with Crippen LogP contribution in [0.15, 0.2) is 30.7 Å². The van der Waals surface area contributed by atoms with Gasteiger partial charge in [-0.3, -0.25) is 9.88 Å². The molecule has 0 aliphatic carbocycles. The Labute approximate surface area is 137 Å². The zero-order valence-corrected chi connectivity index (χ0v) is 13.7. The van der Waals surface area contributed by atoms with Gasteiger partial charge >= 0.3 is 0 Å². The molecule has 1 saturated heterocycles. The topological polar surface area (TPSA) is 58.9 Å². The van der Waals surface area contributed by atoms with Crippen molar-refractivity contribution >= 4 is 12.4 Å². The lowest BCUT2D eigenvalue weighted by atomic mass is 10.1. The number of nitrogens with zero attached hydrogens (tertiary/aromatic N) is 5. The smallest absolute Gasteiger partial charge is 0.0967 e. The molecule has 0 amide bonds. The number of rotatable bonds is 5. The molecule has 1 aliphatic rings. The maximum atomic E-state index is 4.29. The average Bonchev–Trinajstić information content (AvgIpc) is 2.95. The van der Waals surface area contributed by atoms with Crippen LogP contribution in [0.3, 0.4) is 0 Å². The van der Waals surface area contributed by atoms with Crippen LogP contribution < -0.4 is 5.32 Å². The Balaban J connectivity index is 0.00000176. The Morgan fingerprint density at radius 3 is 3.05 bits per heavy atom. The molecule has 3 rings (SSSR count). The molecule has 6 nitrogen and oxygen atoms in total. The zero-order valence-electron chi connectivity index (χ0n) is 12.9. The van der Waals surface area contributed by atoms with Crippen molar-refractivity contribution in [1.82, 2.24) is 30.2 Å². The summed E-state index contributed by atoms with van der Waals surface area (Å²) in [5.41, 5.74) is 2.18. The van der Waals surface area contributed by atoms with Crippen molar-refractivity contribution in [2.24, 2.45) is 0 Å². The highest BCUT2D eigenvalue weighted by Gasteiger charge is 2.19. The van der Waals surface area contributed by atoms with Crippen LogP contribution >= 0.6 is 12.4 Å². The highest BCUT2D eigenvalue weighted by molar-refractivity contribution is 5.85. The third-order valence-electron chi connectivity index (χ3n) is 3.95. The van der Waals surface area contributed by atoms with Gasteiger partial charge in [-0.05, 0) is 38.1 Å². The van der Waals surface area contributed by atoms with Crippen molar-refractivity contribution in [2.75, 3.05) is 20.1 Å². The van der Waals surface area contributed by atoms with E-state index < -0.39 is 0 Å². The van der Waals surface area contributed by atoms with Gasteiger partial charge in [-0.15, -0.1) is 17.5 Å². The SMILES string of the molecule is CNC1CCCN(Cc2cn(Cc3cccnc3)nn2)C1.Cl. The van der Waals surface area contributed by atoms with E-state index in [2.05, 4.69) is 31.6 Å². The second kappa shape index (κ2) is 8.22. The molecule has 1 atom stereocenters. The Kier molecular flexibility index (Phi) is 6.30. The molecule has 3 heterocycles. The average molecular weight is 323 g/mol. The normalized spacial score (nSPS) is 18.9. The molecule has 0 spiro atoms. The van der Waals surface area contributed by atoms with Gasteiger partial charge in [0.15, 0.2) is 0 Å². The number of hydrogen-bond donors (Lipinski definition) is 1. The van der Waals surface area contributed by atoms with E-state index in [1.165, 1.54) is 12.8 Å². The predicted molar refractivity (Wildman–Crippen MR) is 88.0 cm³/mol. The number of halogens is 1. The van der Waals surface area contributed by atoms with Crippen LogP contribution in [-0.4, -0.2) is 51.1 Å². The van der Waals surface area contributed by atoms with Gasteiger partial charge in [0.05, 0.1) is 18.4 Å². The molecular formula is C15H23ClN6. The summed E-state index contributed by atoms with van der Waals surface area (Å²) in [4.78, 5) is 6.57. The van der Waals surface area contributed by atoms with E-state index in [4.69, 9.17) is 0 Å². The predicted octanol–water partition coefficient (Wildman–Crippen LogP) is 1.33. The molecule has 7 heteroatoms. The summed E-state index contributed by atoms with van der Waals surface area (Å²) < 4.78 is 1.88. The molecule has 1 N–H and O–H groups in total. The van der Waals surface area contributed by atoms with Gasteiger partial charge in [-0.25, -0.2) is 4.68 Å². The molecule has 1 aliphatic heterocycles. The molecular weight excluding hydrogens is 300 g/mol. The molecule has 0 saturated carbocycles. The van der Waals surface area contributed by atoms with Gasteiger partial charge in [0.25, 0.3) is 0 Å². The minimum absolute atomic E-state index is 0. The Hall–Kier alpha value is -1.50. The first-order valence-electron chi connectivity index (χ1n) is 7.51. The molecule has 22 heavy (non-hydrogen) atoms. The standard InChI is InChI=1S/C15H22N6.ClH/c1-16-14-5-3-7-20(10-14)11-15-12-21(19-18-15)9-13-4-2-6-17-8-13;/h2,4,6,8,12,14,16H,3,5,7,9-11H2,1H3;1H. The van der Waals surface area contributed by atoms with Gasteiger partial charge in [-0.2, -0.15) is 0 Å². The monoisotopic (exact) mass is 322 g/mol. The van der Waals surface area contributed by atoms with Gasteiger partial charge in [0, 0.05) is 31.5 Å². The number of likely N-dealkylation sites (tertiary alicyclic amines) is 1. The maximum absolute atomic E-state index is 4.29. The molecule has 0 bridgehead atoms. The van der Waals surface area contributed by atoms with Gasteiger partial charge in [0.1, 0.15) is 0 Å². The van der Waals surface area contributed by atoms with Crippen molar-refractivity contribution < 1.29 is 0 Å². The Bertz CT molecular complexity index is 558. The molecule has 120 valence electrons. The third-order valence-corrected chi connectivity index (χ3v) is 3.95. The summed E-state index contributed by atoms with van der Waals surface area (Å²) in [6.45, 7) is 3.84. The van der Waals surface area contributed by atoms with E-state index in [0.717, 1.165) is 37.4 Å². The van der Waals surface area contributed by atoms with Crippen molar-refractivity contribution in [3.63, 3.8) is 0 Å². The van der Waals surface area contributed by atoms with E-state index in [1.54, 1.807) is 6.20 Å². The Morgan fingerprint density at radius 1 is 1.36 bits per heavy atom. The van der Waals surface area contributed by atoms with Gasteiger partial charge in [-0.1, -0.05) is 11.3 Å².